The van der Waals surface area contributed by atoms with Crippen LogP contribution in [0.25, 0.3) is 0 Å². The number of aromatic amines is 1. The number of ketones is 2. The molecule has 1 amide bonds. The third-order valence-electron chi connectivity index (χ3n) is 5.32. The summed E-state index contributed by atoms with van der Waals surface area (Å²) in [7, 11) is 0. The highest BCUT2D eigenvalue weighted by Gasteiger charge is 2.24. The molecule has 0 bridgehead atoms. The van der Waals surface area contributed by atoms with E-state index in [0.29, 0.717) is 33.8 Å². The van der Waals surface area contributed by atoms with Crippen molar-refractivity contribution in [1.82, 2.24) is 9.66 Å². The van der Waals surface area contributed by atoms with Crippen molar-refractivity contribution >= 4 is 17.5 Å². The number of carbonyl (C=O) groups is 3. The SMILES string of the molecule is CC(=O)c1c(C)[nH]c(C(=O)[C@H](C)Oc2ccc(C(=O)Nn3c(C)ccc3C)cc2)c1C. The molecule has 0 radical (unpaired) electrons. The predicted octanol–water partition coefficient (Wildman–Crippen LogP) is 4.29. The van der Waals surface area contributed by atoms with Crippen LogP contribution < -0.4 is 10.2 Å². The molecule has 2 heterocycles. The van der Waals surface area contributed by atoms with Crippen molar-refractivity contribution in [2.45, 2.75) is 47.6 Å². The second kappa shape index (κ2) is 8.63. The molecular formula is C24H27N3O4. The highest BCUT2D eigenvalue weighted by atomic mass is 16.5. The van der Waals surface area contributed by atoms with E-state index in [0.717, 1.165) is 11.4 Å². The zero-order valence-corrected chi connectivity index (χ0v) is 18.6. The monoisotopic (exact) mass is 421 g/mol. The van der Waals surface area contributed by atoms with Crippen molar-refractivity contribution in [2.24, 2.45) is 0 Å². The molecule has 1 atom stereocenters. The first-order valence-electron chi connectivity index (χ1n) is 10.1. The number of ether oxygens (including phenoxy) is 1. The number of aromatic nitrogens is 2. The molecule has 0 spiro atoms. The summed E-state index contributed by atoms with van der Waals surface area (Å²) in [4.78, 5) is 40.2. The molecule has 0 aliphatic heterocycles. The number of nitrogens with zero attached hydrogens (tertiary/aromatic N) is 1. The summed E-state index contributed by atoms with van der Waals surface area (Å²) in [6.45, 7) is 10.5. The maximum Gasteiger partial charge on any atom is 0.270 e. The maximum atomic E-state index is 12.8. The van der Waals surface area contributed by atoms with Gasteiger partial charge in [-0.2, -0.15) is 0 Å². The topological polar surface area (TPSA) is 93.2 Å². The number of nitrogens with one attached hydrogen (secondary N) is 2. The molecule has 2 N–H and O–H groups in total. The van der Waals surface area contributed by atoms with Crippen molar-refractivity contribution in [3.05, 3.63) is 75.9 Å². The van der Waals surface area contributed by atoms with E-state index in [9.17, 15) is 14.4 Å². The second-order valence-electron chi connectivity index (χ2n) is 7.72. The van der Waals surface area contributed by atoms with Gasteiger partial charge in [0.1, 0.15) is 5.75 Å². The number of aryl methyl sites for hydroxylation is 3. The third kappa shape index (κ3) is 4.45. The fourth-order valence-corrected chi connectivity index (χ4v) is 3.68. The van der Waals surface area contributed by atoms with Gasteiger partial charge in [-0.25, -0.2) is 0 Å². The molecule has 0 unspecified atom stereocenters. The van der Waals surface area contributed by atoms with Crippen LogP contribution in [0, 0.1) is 27.7 Å². The zero-order chi connectivity index (χ0) is 22.9. The van der Waals surface area contributed by atoms with E-state index < -0.39 is 6.10 Å². The lowest BCUT2D eigenvalue weighted by atomic mass is 10.0. The van der Waals surface area contributed by atoms with Crippen molar-refractivity contribution in [3.8, 4) is 5.75 Å². The fraction of sp³-hybridized carbons (Fsp3) is 0.292. The van der Waals surface area contributed by atoms with Gasteiger partial charge >= 0.3 is 0 Å². The Morgan fingerprint density at radius 3 is 2.06 bits per heavy atom. The molecule has 31 heavy (non-hydrogen) atoms. The zero-order valence-electron chi connectivity index (χ0n) is 18.6. The second-order valence-corrected chi connectivity index (χ2v) is 7.72. The van der Waals surface area contributed by atoms with Gasteiger partial charge in [-0.3, -0.25) is 24.5 Å². The minimum absolute atomic E-state index is 0.0852. The molecule has 0 aliphatic carbocycles. The van der Waals surface area contributed by atoms with Crippen LogP contribution >= 0.6 is 0 Å². The van der Waals surface area contributed by atoms with Crippen molar-refractivity contribution < 1.29 is 19.1 Å². The van der Waals surface area contributed by atoms with Crippen molar-refractivity contribution in [3.63, 3.8) is 0 Å². The largest absolute Gasteiger partial charge is 0.483 e. The normalized spacial score (nSPS) is 11.8. The average Bonchev–Trinajstić information content (AvgIpc) is 3.20. The molecule has 2 aromatic heterocycles. The number of H-pyrrole nitrogens is 1. The van der Waals surface area contributed by atoms with E-state index in [4.69, 9.17) is 4.74 Å². The number of hydrogen-bond donors (Lipinski definition) is 2. The minimum Gasteiger partial charge on any atom is -0.483 e. The molecule has 162 valence electrons. The van der Waals surface area contributed by atoms with Crippen molar-refractivity contribution in [2.75, 3.05) is 5.43 Å². The lowest BCUT2D eigenvalue weighted by molar-refractivity contribution is 0.0812. The summed E-state index contributed by atoms with van der Waals surface area (Å²) < 4.78 is 7.51. The number of benzene rings is 1. The Balaban J connectivity index is 1.69. The van der Waals surface area contributed by atoms with E-state index in [2.05, 4.69) is 10.4 Å². The van der Waals surface area contributed by atoms with Crippen LogP contribution in [0.5, 0.6) is 5.75 Å². The Hall–Kier alpha value is -3.61. The number of amides is 1. The van der Waals surface area contributed by atoms with E-state index in [1.807, 2.05) is 26.0 Å². The van der Waals surface area contributed by atoms with Gasteiger partial charge in [0.25, 0.3) is 5.91 Å². The van der Waals surface area contributed by atoms with E-state index in [1.54, 1.807) is 49.7 Å². The van der Waals surface area contributed by atoms with Gasteiger partial charge in [-0.15, -0.1) is 0 Å². The molecule has 0 saturated carbocycles. The van der Waals surface area contributed by atoms with Gasteiger partial charge in [0.2, 0.25) is 5.78 Å². The number of hydrogen-bond acceptors (Lipinski definition) is 4. The van der Waals surface area contributed by atoms with Crippen LogP contribution in [-0.4, -0.2) is 33.2 Å². The molecular weight excluding hydrogens is 394 g/mol. The number of carbonyl (C=O) groups excluding carboxylic acids is 3. The van der Waals surface area contributed by atoms with Crippen LogP contribution in [0.15, 0.2) is 36.4 Å². The Morgan fingerprint density at radius 1 is 0.968 bits per heavy atom. The molecule has 3 aromatic rings. The lowest BCUT2D eigenvalue weighted by Crippen LogP contribution is -2.25. The molecule has 3 rings (SSSR count). The van der Waals surface area contributed by atoms with E-state index >= 15 is 0 Å². The van der Waals surface area contributed by atoms with Crippen LogP contribution in [0.3, 0.4) is 0 Å². The smallest absolute Gasteiger partial charge is 0.270 e. The first kappa shape index (κ1) is 22.1. The van der Waals surface area contributed by atoms with Gasteiger partial charge in [0.05, 0.1) is 5.69 Å². The van der Waals surface area contributed by atoms with Crippen LogP contribution in [0.4, 0.5) is 0 Å². The highest BCUT2D eigenvalue weighted by molar-refractivity contribution is 6.05. The Bertz CT molecular complexity index is 1130. The Labute approximate surface area is 181 Å². The van der Waals surface area contributed by atoms with Crippen LogP contribution in [-0.2, 0) is 0 Å². The van der Waals surface area contributed by atoms with Crippen molar-refractivity contribution in [1.29, 1.82) is 0 Å². The summed E-state index contributed by atoms with van der Waals surface area (Å²) in [5.74, 6) is -0.0997. The summed E-state index contributed by atoms with van der Waals surface area (Å²) >= 11 is 0. The number of Topliss-reactive ketones (excluding diaryl/α,β-unsaturated/α-hetero) is 2. The maximum absolute atomic E-state index is 12.8. The highest BCUT2D eigenvalue weighted by Crippen LogP contribution is 2.22. The van der Waals surface area contributed by atoms with E-state index in [1.165, 1.54) is 6.92 Å². The number of rotatable bonds is 7. The Kier molecular flexibility index (Phi) is 6.15. The first-order valence-corrected chi connectivity index (χ1v) is 10.1. The first-order chi connectivity index (χ1) is 14.6. The van der Waals surface area contributed by atoms with Gasteiger partial charge in [-0.05, 0) is 83.5 Å². The molecule has 0 saturated heterocycles. The summed E-state index contributed by atoms with van der Waals surface area (Å²) in [6, 6.07) is 10.5. The Morgan fingerprint density at radius 2 is 1.55 bits per heavy atom. The third-order valence-corrected chi connectivity index (χ3v) is 5.32. The standard InChI is InChI=1S/C24H27N3O4/c1-13-7-8-14(2)27(13)26-24(30)19-9-11-20(12-10-19)31-18(6)23(29)22-15(3)21(17(5)28)16(4)25-22/h7-12,18,25H,1-6H3,(H,26,30)/t18-/m0/s1. The molecule has 0 aliphatic rings. The molecule has 7 heteroatoms. The van der Waals surface area contributed by atoms with Gasteiger partial charge in [-0.1, -0.05) is 0 Å². The summed E-state index contributed by atoms with van der Waals surface area (Å²) in [5.41, 5.74) is 7.41. The minimum atomic E-state index is -0.763. The van der Waals surface area contributed by atoms with E-state index in [-0.39, 0.29) is 17.5 Å². The quantitative estimate of drug-likeness (QED) is 0.557. The fourth-order valence-electron chi connectivity index (χ4n) is 3.68. The van der Waals surface area contributed by atoms with Gasteiger partial charge in [0, 0.05) is 28.2 Å². The molecule has 7 nitrogen and oxygen atoms in total. The van der Waals surface area contributed by atoms with Gasteiger partial charge in [0.15, 0.2) is 11.9 Å². The van der Waals surface area contributed by atoms with Crippen LogP contribution in [0.1, 0.15) is 67.7 Å². The van der Waals surface area contributed by atoms with Crippen LogP contribution in [0.2, 0.25) is 0 Å². The average molecular weight is 421 g/mol. The molecule has 0 fully saturated rings. The van der Waals surface area contributed by atoms with Gasteiger partial charge < -0.3 is 9.72 Å². The predicted molar refractivity (Wildman–Crippen MR) is 119 cm³/mol. The summed E-state index contributed by atoms with van der Waals surface area (Å²) in [5, 5.41) is 0. The molecule has 1 aromatic carbocycles. The lowest BCUT2D eigenvalue weighted by Gasteiger charge is -2.15. The summed E-state index contributed by atoms with van der Waals surface area (Å²) in [6.07, 6.45) is -0.763.